The summed E-state index contributed by atoms with van der Waals surface area (Å²) < 4.78 is 0. The Labute approximate surface area is 72.7 Å². The van der Waals surface area contributed by atoms with Gasteiger partial charge in [0.05, 0.1) is 6.54 Å². The molecule has 0 aromatic rings. The molecule has 1 fully saturated rings. The van der Waals surface area contributed by atoms with Crippen molar-refractivity contribution in [1.82, 2.24) is 4.90 Å². The third kappa shape index (κ3) is 2.06. The smallest absolute Gasteiger partial charge is 0.223 e. The van der Waals surface area contributed by atoms with Crippen molar-refractivity contribution in [2.75, 3.05) is 13.1 Å². The standard InChI is InChI=1S/C9H15NO2/c1-2-3-8-6-9(12)10(7-8)4-5-11/h5,8H,2-4,6-7H2,1H3. The van der Waals surface area contributed by atoms with Gasteiger partial charge in [-0.3, -0.25) is 4.79 Å². The first-order valence-electron chi connectivity index (χ1n) is 4.49. The first-order valence-corrected chi connectivity index (χ1v) is 4.49. The predicted molar refractivity (Wildman–Crippen MR) is 45.7 cm³/mol. The van der Waals surface area contributed by atoms with Crippen molar-refractivity contribution in [2.45, 2.75) is 26.2 Å². The number of hydrogen-bond acceptors (Lipinski definition) is 2. The molecule has 12 heavy (non-hydrogen) atoms. The Balaban J connectivity index is 2.38. The maximum atomic E-state index is 11.2. The second-order valence-corrected chi connectivity index (χ2v) is 3.32. The van der Waals surface area contributed by atoms with E-state index >= 15 is 0 Å². The summed E-state index contributed by atoms with van der Waals surface area (Å²) in [5.74, 6) is 0.628. The maximum Gasteiger partial charge on any atom is 0.223 e. The molecule has 0 N–H and O–H groups in total. The molecule has 1 aliphatic heterocycles. The van der Waals surface area contributed by atoms with E-state index in [9.17, 15) is 9.59 Å². The van der Waals surface area contributed by atoms with Crippen molar-refractivity contribution in [3.05, 3.63) is 0 Å². The fourth-order valence-corrected chi connectivity index (χ4v) is 1.72. The maximum absolute atomic E-state index is 11.2. The van der Waals surface area contributed by atoms with Crippen LogP contribution in [0.4, 0.5) is 0 Å². The zero-order valence-corrected chi connectivity index (χ0v) is 7.45. The number of rotatable bonds is 4. The summed E-state index contributed by atoms with van der Waals surface area (Å²) in [6.07, 6.45) is 3.65. The number of likely N-dealkylation sites (tertiary alicyclic amines) is 1. The summed E-state index contributed by atoms with van der Waals surface area (Å²) in [6, 6.07) is 0. The van der Waals surface area contributed by atoms with E-state index in [4.69, 9.17) is 0 Å². The van der Waals surface area contributed by atoms with Gasteiger partial charge < -0.3 is 9.69 Å². The molecule has 1 rings (SSSR count). The molecule has 1 saturated heterocycles. The minimum absolute atomic E-state index is 0.139. The van der Waals surface area contributed by atoms with Crippen molar-refractivity contribution in [2.24, 2.45) is 5.92 Å². The van der Waals surface area contributed by atoms with E-state index in [2.05, 4.69) is 6.92 Å². The fourth-order valence-electron chi connectivity index (χ4n) is 1.72. The molecule has 1 atom stereocenters. The Morgan fingerprint density at radius 2 is 2.42 bits per heavy atom. The quantitative estimate of drug-likeness (QED) is 0.585. The monoisotopic (exact) mass is 169 g/mol. The molecule has 1 heterocycles. The summed E-state index contributed by atoms with van der Waals surface area (Å²) in [4.78, 5) is 23.0. The first kappa shape index (κ1) is 9.23. The predicted octanol–water partition coefficient (Wildman–Crippen LogP) is 0.834. The van der Waals surface area contributed by atoms with Gasteiger partial charge in [0.25, 0.3) is 0 Å². The van der Waals surface area contributed by atoms with Crippen molar-refractivity contribution in [1.29, 1.82) is 0 Å². The van der Waals surface area contributed by atoms with Gasteiger partial charge in [0, 0.05) is 13.0 Å². The van der Waals surface area contributed by atoms with Crippen LogP contribution in [-0.2, 0) is 9.59 Å². The number of aldehydes is 1. The second-order valence-electron chi connectivity index (χ2n) is 3.32. The summed E-state index contributed by atoms with van der Waals surface area (Å²) in [6.45, 7) is 3.18. The Morgan fingerprint density at radius 1 is 1.67 bits per heavy atom. The molecule has 0 saturated carbocycles. The van der Waals surface area contributed by atoms with Crippen LogP contribution in [0, 0.1) is 5.92 Å². The molecular formula is C9H15NO2. The van der Waals surface area contributed by atoms with Crippen LogP contribution in [0.15, 0.2) is 0 Å². The Kier molecular flexibility index (Phi) is 3.26. The van der Waals surface area contributed by atoms with E-state index in [1.807, 2.05) is 0 Å². The number of carbonyl (C=O) groups excluding carboxylic acids is 2. The number of carbonyl (C=O) groups is 2. The summed E-state index contributed by atoms with van der Waals surface area (Å²) >= 11 is 0. The van der Waals surface area contributed by atoms with Crippen LogP contribution in [-0.4, -0.2) is 30.2 Å². The van der Waals surface area contributed by atoms with Crippen LogP contribution in [0.1, 0.15) is 26.2 Å². The molecule has 1 aliphatic rings. The summed E-state index contributed by atoms with van der Waals surface area (Å²) in [7, 11) is 0. The van der Waals surface area contributed by atoms with Gasteiger partial charge in [-0.25, -0.2) is 0 Å². The zero-order valence-electron chi connectivity index (χ0n) is 7.45. The molecule has 3 heteroatoms. The third-order valence-electron chi connectivity index (χ3n) is 2.29. The Hall–Kier alpha value is -0.860. The Morgan fingerprint density at radius 3 is 3.00 bits per heavy atom. The van der Waals surface area contributed by atoms with Gasteiger partial charge in [0.15, 0.2) is 0 Å². The van der Waals surface area contributed by atoms with Gasteiger partial charge in [0.2, 0.25) is 5.91 Å². The number of hydrogen-bond donors (Lipinski definition) is 0. The lowest BCUT2D eigenvalue weighted by Crippen LogP contribution is -2.26. The SMILES string of the molecule is CCCC1CC(=O)N(CC=O)C1. The van der Waals surface area contributed by atoms with Gasteiger partial charge >= 0.3 is 0 Å². The largest absolute Gasteiger partial charge is 0.335 e. The summed E-state index contributed by atoms with van der Waals surface area (Å²) in [5.41, 5.74) is 0. The van der Waals surface area contributed by atoms with Crippen molar-refractivity contribution in [3.63, 3.8) is 0 Å². The van der Waals surface area contributed by atoms with E-state index in [-0.39, 0.29) is 12.5 Å². The van der Waals surface area contributed by atoms with E-state index < -0.39 is 0 Å². The van der Waals surface area contributed by atoms with Crippen LogP contribution in [0.2, 0.25) is 0 Å². The normalized spacial score (nSPS) is 23.2. The van der Waals surface area contributed by atoms with Crippen LogP contribution in [0.25, 0.3) is 0 Å². The molecule has 0 aromatic heterocycles. The van der Waals surface area contributed by atoms with Gasteiger partial charge in [-0.15, -0.1) is 0 Å². The fraction of sp³-hybridized carbons (Fsp3) is 0.778. The van der Waals surface area contributed by atoms with E-state index in [0.717, 1.165) is 25.7 Å². The lowest BCUT2D eigenvalue weighted by atomic mass is 10.0. The van der Waals surface area contributed by atoms with Crippen LogP contribution in [0.3, 0.4) is 0 Å². The molecule has 0 spiro atoms. The Bertz CT molecular complexity index is 179. The molecule has 0 aromatic carbocycles. The highest BCUT2D eigenvalue weighted by Gasteiger charge is 2.27. The van der Waals surface area contributed by atoms with Crippen molar-refractivity contribution in [3.8, 4) is 0 Å². The zero-order chi connectivity index (χ0) is 8.97. The average molecular weight is 169 g/mol. The van der Waals surface area contributed by atoms with Gasteiger partial charge in [-0.05, 0) is 12.3 Å². The minimum atomic E-state index is 0.139. The number of amides is 1. The minimum Gasteiger partial charge on any atom is -0.335 e. The van der Waals surface area contributed by atoms with E-state index in [0.29, 0.717) is 12.3 Å². The molecule has 0 radical (unpaired) electrons. The lowest BCUT2D eigenvalue weighted by molar-refractivity contribution is -0.129. The van der Waals surface area contributed by atoms with Crippen LogP contribution >= 0.6 is 0 Å². The van der Waals surface area contributed by atoms with Gasteiger partial charge in [-0.2, -0.15) is 0 Å². The highest BCUT2D eigenvalue weighted by molar-refractivity contribution is 5.80. The molecule has 1 amide bonds. The van der Waals surface area contributed by atoms with E-state index in [1.165, 1.54) is 0 Å². The number of nitrogens with zero attached hydrogens (tertiary/aromatic N) is 1. The van der Waals surface area contributed by atoms with Gasteiger partial charge in [-0.1, -0.05) is 13.3 Å². The lowest BCUT2D eigenvalue weighted by Gasteiger charge is -2.11. The molecule has 1 unspecified atom stereocenters. The summed E-state index contributed by atoms with van der Waals surface area (Å²) in [5, 5.41) is 0. The average Bonchev–Trinajstić information content (AvgIpc) is 2.34. The molecule has 0 aliphatic carbocycles. The highest BCUT2D eigenvalue weighted by Crippen LogP contribution is 2.21. The van der Waals surface area contributed by atoms with Crippen molar-refractivity contribution < 1.29 is 9.59 Å². The van der Waals surface area contributed by atoms with Crippen LogP contribution in [0.5, 0.6) is 0 Å². The highest BCUT2D eigenvalue weighted by atomic mass is 16.2. The van der Waals surface area contributed by atoms with Crippen molar-refractivity contribution >= 4 is 12.2 Å². The molecule has 3 nitrogen and oxygen atoms in total. The molecule has 0 bridgehead atoms. The second kappa shape index (κ2) is 4.24. The first-order chi connectivity index (χ1) is 5.77. The molecule has 68 valence electrons. The van der Waals surface area contributed by atoms with Crippen LogP contribution < -0.4 is 0 Å². The van der Waals surface area contributed by atoms with E-state index in [1.54, 1.807) is 4.90 Å². The third-order valence-corrected chi connectivity index (χ3v) is 2.29. The molecular weight excluding hydrogens is 154 g/mol. The topological polar surface area (TPSA) is 37.4 Å². The van der Waals surface area contributed by atoms with Gasteiger partial charge in [0.1, 0.15) is 6.29 Å².